The molecule has 0 aromatic heterocycles. The van der Waals surface area contributed by atoms with E-state index >= 15 is 0 Å². The molecule has 41 heavy (non-hydrogen) atoms. The summed E-state index contributed by atoms with van der Waals surface area (Å²) in [6.07, 6.45) is 4.38. The fourth-order valence-electron chi connectivity index (χ4n) is 5.66. The summed E-state index contributed by atoms with van der Waals surface area (Å²) in [7, 11) is 4.13. The maximum absolute atomic E-state index is 13.1. The molecular formula is C33H40N4O4. The highest BCUT2D eigenvalue weighted by Crippen LogP contribution is 2.42. The topological polar surface area (TPSA) is 83.1 Å². The quantitative estimate of drug-likeness (QED) is 0.250. The lowest BCUT2D eigenvalue weighted by molar-refractivity contribution is -0.110. The third-order valence-corrected chi connectivity index (χ3v) is 7.72. The van der Waals surface area contributed by atoms with Gasteiger partial charge in [-0.1, -0.05) is 24.3 Å². The summed E-state index contributed by atoms with van der Waals surface area (Å²) in [5.74, 6) is 0.759. The van der Waals surface area contributed by atoms with Gasteiger partial charge in [-0.05, 0) is 94.2 Å². The Labute approximate surface area is 242 Å². The molecule has 1 fully saturated rings. The number of amides is 2. The molecule has 2 aliphatic heterocycles. The molecule has 2 N–H and O–H groups in total. The molecular weight excluding hydrogens is 516 g/mol. The molecule has 2 aliphatic carbocycles. The summed E-state index contributed by atoms with van der Waals surface area (Å²) in [6.45, 7) is 7.24. The zero-order chi connectivity index (χ0) is 28.9. The number of hydrogen-bond acceptors (Lipinski definition) is 6. The Kier molecular flexibility index (Phi) is 8.78. The number of piperidine rings is 1. The van der Waals surface area contributed by atoms with Crippen LogP contribution in [-0.2, 0) is 9.53 Å². The zero-order valence-corrected chi connectivity index (χ0v) is 24.5. The van der Waals surface area contributed by atoms with Crippen LogP contribution < -0.4 is 15.4 Å². The Hall–Kier alpha value is -4.04. The highest BCUT2D eigenvalue weighted by molar-refractivity contribution is 6.35. The third kappa shape index (κ3) is 6.49. The van der Waals surface area contributed by atoms with Gasteiger partial charge >= 0.3 is 6.09 Å². The minimum Gasteiger partial charge on any atom is -0.493 e. The first-order valence-corrected chi connectivity index (χ1v) is 14.5. The highest BCUT2D eigenvalue weighted by atomic mass is 16.6. The van der Waals surface area contributed by atoms with Gasteiger partial charge in [-0.3, -0.25) is 4.79 Å². The molecule has 0 bridgehead atoms. The predicted octanol–water partition coefficient (Wildman–Crippen LogP) is 5.96. The summed E-state index contributed by atoms with van der Waals surface area (Å²) in [6, 6.07) is 16.5. The number of nitrogens with one attached hydrogen (secondary N) is 2. The molecule has 0 spiro atoms. The van der Waals surface area contributed by atoms with Crippen LogP contribution in [-0.4, -0.2) is 74.8 Å². The minimum atomic E-state index is -0.241. The summed E-state index contributed by atoms with van der Waals surface area (Å²) >= 11 is 0. The van der Waals surface area contributed by atoms with Crippen LogP contribution in [0.2, 0.25) is 0 Å². The maximum atomic E-state index is 13.1. The van der Waals surface area contributed by atoms with Crippen LogP contribution in [0.4, 0.5) is 16.2 Å². The first kappa shape index (κ1) is 28.5. The molecule has 2 amide bonds. The van der Waals surface area contributed by atoms with Gasteiger partial charge in [0, 0.05) is 53.8 Å². The molecule has 2 heterocycles. The lowest BCUT2D eigenvalue weighted by Crippen LogP contribution is -2.42. The second-order valence-corrected chi connectivity index (χ2v) is 11.0. The molecule has 0 atom stereocenters. The molecule has 1 aromatic carbocycles. The Morgan fingerprint density at radius 3 is 2.66 bits per heavy atom. The van der Waals surface area contributed by atoms with Crippen molar-refractivity contribution < 1.29 is 19.1 Å². The van der Waals surface area contributed by atoms with E-state index in [0.29, 0.717) is 31.9 Å². The molecule has 5 rings (SSSR count). The number of fused-ring (bicyclic) bond motifs is 2. The van der Waals surface area contributed by atoms with Crippen molar-refractivity contribution in [3.63, 3.8) is 0 Å². The van der Waals surface area contributed by atoms with Gasteiger partial charge in [0.25, 0.3) is 5.91 Å². The van der Waals surface area contributed by atoms with Gasteiger partial charge in [-0.2, -0.15) is 0 Å². The van der Waals surface area contributed by atoms with Crippen molar-refractivity contribution in [2.24, 2.45) is 0 Å². The van der Waals surface area contributed by atoms with E-state index in [4.69, 9.17) is 9.47 Å². The van der Waals surface area contributed by atoms with E-state index in [9.17, 15) is 9.59 Å². The van der Waals surface area contributed by atoms with Crippen LogP contribution in [0.1, 0.15) is 42.9 Å². The van der Waals surface area contributed by atoms with Crippen molar-refractivity contribution in [2.45, 2.75) is 39.2 Å². The summed E-state index contributed by atoms with van der Waals surface area (Å²) < 4.78 is 11.4. The number of benzene rings is 1. The number of carbonyl (C=O) groups is 2. The monoisotopic (exact) mass is 556 g/mol. The lowest BCUT2D eigenvalue weighted by atomic mass is 10.0. The first-order valence-electron chi connectivity index (χ1n) is 14.5. The van der Waals surface area contributed by atoms with Gasteiger partial charge in [0.15, 0.2) is 0 Å². The summed E-state index contributed by atoms with van der Waals surface area (Å²) in [5, 5.41) is 6.64. The molecule has 0 saturated carbocycles. The normalized spacial score (nSPS) is 16.3. The van der Waals surface area contributed by atoms with Crippen molar-refractivity contribution in [3.05, 3.63) is 65.2 Å². The molecule has 8 heteroatoms. The summed E-state index contributed by atoms with van der Waals surface area (Å²) in [4.78, 5) is 29.1. The molecule has 216 valence electrons. The molecule has 0 unspecified atom stereocenters. The van der Waals surface area contributed by atoms with Gasteiger partial charge in [0.05, 0.1) is 13.2 Å². The Morgan fingerprint density at radius 1 is 1.12 bits per heavy atom. The van der Waals surface area contributed by atoms with Gasteiger partial charge in [0.2, 0.25) is 0 Å². The zero-order valence-electron chi connectivity index (χ0n) is 24.5. The molecule has 4 aliphatic rings. The Morgan fingerprint density at radius 2 is 1.90 bits per heavy atom. The number of likely N-dealkylation sites (tertiary alicyclic amines) is 1. The maximum Gasteiger partial charge on any atom is 0.409 e. The summed E-state index contributed by atoms with van der Waals surface area (Å²) in [5.41, 5.74) is 7.56. The van der Waals surface area contributed by atoms with Crippen molar-refractivity contribution >= 4 is 35.0 Å². The number of carbonyl (C=O) groups excluding carboxylic acids is 2. The third-order valence-electron chi connectivity index (χ3n) is 7.72. The predicted molar refractivity (Wildman–Crippen MR) is 165 cm³/mol. The van der Waals surface area contributed by atoms with Gasteiger partial charge in [0.1, 0.15) is 5.75 Å². The van der Waals surface area contributed by atoms with E-state index in [2.05, 4.69) is 48.7 Å². The number of aryl methyl sites for hydroxylation is 1. The minimum absolute atomic E-state index is 0.104. The number of anilines is 2. The SMILES string of the molecule is CCOC(=O)N1CCC(Nc2ccc3c(c2)/C(=C\c2cc(C)c4c(OCCCN(C)C)ccccc2-4)C(=O)N3)CC1. The molecule has 8 nitrogen and oxygen atoms in total. The smallest absolute Gasteiger partial charge is 0.409 e. The second-order valence-electron chi connectivity index (χ2n) is 11.0. The van der Waals surface area contributed by atoms with Crippen LogP contribution >= 0.6 is 0 Å². The van der Waals surface area contributed by atoms with Crippen molar-refractivity contribution in [2.75, 3.05) is 57.6 Å². The molecule has 1 aromatic rings. The van der Waals surface area contributed by atoms with E-state index in [1.165, 1.54) is 0 Å². The Bertz CT molecular complexity index is 1410. The van der Waals surface area contributed by atoms with E-state index in [1.807, 2.05) is 49.4 Å². The fourth-order valence-corrected chi connectivity index (χ4v) is 5.66. The van der Waals surface area contributed by atoms with Crippen molar-refractivity contribution in [1.29, 1.82) is 0 Å². The second kappa shape index (κ2) is 12.6. The highest BCUT2D eigenvalue weighted by Gasteiger charge is 2.27. The van der Waals surface area contributed by atoms with E-state index < -0.39 is 0 Å². The average Bonchev–Trinajstić information content (AvgIpc) is 3.32. The van der Waals surface area contributed by atoms with Gasteiger partial charge in [-0.25, -0.2) is 4.79 Å². The molecule has 1 saturated heterocycles. The van der Waals surface area contributed by atoms with Gasteiger partial charge in [-0.15, -0.1) is 0 Å². The fraction of sp³-hybridized carbons (Fsp3) is 0.394. The number of hydrogen-bond donors (Lipinski definition) is 2. The standard InChI is InChI=1S/C33H40N4O4/c1-5-40-33(39)37-16-13-24(14-17-37)34-25-11-12-29-27(21-25)28(32(38)35-29)20-23-19-22(2)31-26(23)9-6-7-10-30(31)41-18-8-15-36(3)4/h6-7,9-12,19-21,24,34H,5,8,13-18H2,1-4H3,(H,35,38)/b28-20+. The van der Waals surface area contributed by atoms with Crippen LogP contribution in [0, 0.1) is 6.92 Å². The van der Waals surface area contributed by atoms with Crippen LogP contribution in [0.5, 0.6) is 5.75 Å². The lowest BCUT2D eigenvalue weighted by Gasteiger charge is -2.32. The van der Waals surface area contributed by atoms with Crippen molar-refractivity contribution in [3.8, 4) is 16.9 Å². The van der Waals surface area contributed by atoms with E-state index in [1.54, 1.807) is 4.90 Å². The number of rotatable bonds is 9. The van der Waals surface area contributed by atoms with Crippen LogP contribution in [0.3, 0.4) is 0 Å². The molecule has 0 radical (unpaired) electrons. The average molecular weight is 557 g/mol. The van der Waals surface area contributed by atoms with Crippen LogP contribution in [0.25, 0.3) is 22.8 Å². The number of nitrogens with zero attached hydrogens (tertiary/aromatic N) is 2. The van der Waals surface area contributed by atoms with E-state index in [0.717, 1.165) is 70.7 Å². The van der Waals surface area contributed by atoms with E-state index in [-0.39, 0.29) is 18.0 Å². The number of ether oxygens (including phenoxy) is 2. The Balaban J connectivity index is 1.34. The van der Waals surface area contributed by atoms with Crippen molar-refractivity contribution in [1.82, 2.24) is 9.80 Å². The van der Waals surface area contributed by atoms with Crippen LogP contribution in [0.15, 0.2) is 48.5 Å². The van der Waals surface area contributed by atoms with Gasteiger partial charge < -0.3 is 29.9 Å². The first-order chi connectivity index (χ1) is 19.8. The largest absolute Gasteiger partial charge is 0.493 e.